The van der Waals surface area contributed by atoms with Crippen LogP contribution in [0.25, 0.3) is 0 Å². The minimum absolute atomic E-state index is 0.223. The summed E-state index contributed by atoms with van der Waals surface area (Å²) in [5.74, 6) is -0.223. The Morgan fingerprint density at radius 3 is 2.81 bits per heavy atom. The van der Waals surface area contributed by atoms with Gasteiger partial charge in [0, 0.05) is 25.7 Å². The molecule has 1 aliphatic rings. The lowest BCUT2D eigenvalue weighted by atomic mass is 10.1. The van der Waals surface area contributed by atoms with Crippen LogP contribution in [0, 0.1) is 0 Å². The molecular weight excluding hydrogens is 206 g/mol. The lowest BCUT2D eigenvalue weighted by molar-refractivity contribution is -0.147. The van der Waals surface area contributed by atoms with E-state index in [1.165, 1.54) is 7.11 Å². The summed E-state index contributed by atoms with van der Waals surface area (Å²) < 4.78 is 4.80. The van der Waals surface area contributed by atoms with E-state index in [9.17, 15) is 4.79 Å². The topological polar surface area (TPSA) is 58.8 Å². The van der Waals surface area contributed by atoms with Gasteiger partial charge in [-0.1, -0.05) is 0 Å². The highest BCUT2D eigenvalue weighted by Crippen LogP contribution is 2.12. The summed E-state index contributed by atoms with van der Waals surface area (Å²) in [6, 6.07) is 0.0339. The van der Waals surface area contributed by atoms with Gasteiger partial charge < -0.3 is 15.4 Å². The predicted molar refractivity (Wildman–Crippen MR) is 63.1 cm³/mol. The summed E-state index contributed by atoms with van der Waals surface area (Å²) in [6.45, 7) is 5.39. The highest BCUT2D eigenvalue weighted by Gasteiger charge is 2.30. The molecule has 0 aromatic carbocycles. The van der Waals surface area contributed by atoms with Crippen molar-refractivity contribution in [2.45, 2.75) is 25.4 Å². The van der Waals surface area contributed by atoms with E-state index in [4.69, 9.17) is 10.5 Å². The average Bonchev–Trinajstić information content (AvgIpc) is 2.41. The lowest BCUT2D eigenvalue weighted by Crippen LogP contribution is -2.52. The SMILES string of the molecule is COC(=O)C(CN)N1CCCN(C)CC1C. The molecule has 5 heteroatoms. The van der Waals surface area contributed by atoms with Crippen LogP contribution < -0.4 is 5.73 Å². The van der Waals surface area contributed by atoms with Gasteiger partial charge in [0.25, 0.3) is 0 Å². The quantitative estimate of drug-likeness (QED) is 0.662. The molecule has 5 nitrogen and oxygen atoms in total. The molecule has 0 aromatic rings. The van der Waals surface area contributed by atoms with Gasteiger partial charge in [-0.25, -0.2) is 0 Å². The van der Waals surface area contributed by atoms with Crippen molar-refractivity contribution in [2.75, 3.05) is 40.3 Å². The van der Waals surface area contributed by atoms with Crippen LogP contribution in [0.3, 0.4) is 0 Å². The van der Waals surface area contributed by atoms with Gasteiger partial charge in [-0.15, -0.1) is 0 Å². The molecule has 16 heavy (non-hydrogen) atoms. The van der Waals surface area contributed by atoms with Crippen LogP contribution in [-0.2, 0) is 9.53 Å². The van der Waals surface area contributed by atoms with Crippen molar-refractivity contribution in [3.05, 3.63) is 0 Å². The third-order valence-electron chi connectivity index (χ3n) is 3.20. The minimum Gasteiger partial charge on any atom is -0.468 e. The monoisotopic (exact) mass is 229 g/mol. The van der Waals surface area contributed by atoms with E-state index in [1.807, 2.05) is 0 Å². The molecule has 0 amide bonds. The maximum absolute atomic E-state index is 11.6. The summed E-state index contributed by atoms with van der Waals surface area (Å²) in [4.78, 5) is 16.1. The van der Waals surface area contributed by atoms with Gasteiger partial charge in [-0.2, -0.15) is 0 Å². The Balaban J connectivity index is 2.71. The molecule has 1 fully saturated rings. The highest BCUT2D eigenvalue weighted by molar-refractivity contribution is 5.76. The van der Waals surface area contributed by atoms with Crippen molar-refractivity contribution in [3.8, 4) is 0 Å². The molecule has 1 aliphatic heterocycles. The normalized spacial score (nSPS) is 26.1. The van der Waals surface area contributed by atoms with Crippen LogP contribution in [0.5, 0.6) is 0 Å². The number of ether oxygens (including phenoxy) is 1. The first-order chi connectivity index (χ1) is 7.60. The van der Waals surface area contributed by atoms with Crippen LogP contribution in [0.4, 0.5) is 0 Å². The van der Waals surface area contributed by atoms with E-state index < -0.39 is 0 Å². The predicted octanol–water partition coefficient (Wildman–Crippen LogP) is -0.487. The molecular formula is C11H23N3O2. The molecule has 2 N–H and O–H groups in total. The first-order valence-corrected chi connectivity index (χ1v) is 5.82. The largest absolute Gasteiger partial charge is 0.468 e. The molecule has 0 aliphatic carbocycles. The molecule has 1 heterocycles. The van der Waals surface area contributed by atoms with E-state index in [0.717, 1.165) is 26.1 Å². The Kier molecular flexibility index (Phi) is 5.18. The Labute approximate surface area is 97.5 Å². The fourth-order valence-electron chi connectivity index (χ4n) is 2.36. The van der Waals surface area contributed by atoms with E-state index in [-0.39, 0.29) is 12.0 Å². The Hall–Kier alpha value is -0.650. The second-order valence-electron chi connectivity index (χ2n) is 4.48. The van der Waals surface area contributed by atoms with E-state index >= 15 is 0 Å². The van der Waals surface area contributed by atoms with Crippen molar-refractivity contribution in [3.63, 3.8) is 0 Å². The summed E-state index contributed by atoms with van der Waals surface area (Å²) in [6.07, 6.45) is 1.06. The first-order valence-electron chi connectivity index (χ1n) is 5.82. The smallest absolute Gasteiger partial charge is 0.324 e. The van der Waals surface area contributed by atoms with Gasteiger partial charge >= 0.3 is 5.97 Å². The van der Waals surface area contributed by atoms with E-state index in [0.29, 0.717) is 12.6 Å². The zero-order chi connectivity index (χ0) is 12.1. The summed E-state index contributed by atoms with van der Waals surface area (Å²) in [7, 11) is 3.52. The minimum atomic E-state index is -0.300. The maximum atomic E-state index is 11.6. The molecule has 0 bridgehead atoms. The zero-order valence-corrected chi connectivity index (χ0v) is 10.5. The summed E-state index contributed by atoms with van der Waals surface area (Å²) in [5.41, 5.74) is 5.67. The highest BCUT2D eigenvalue weighted by atomic mass is 16.5. The number of likely N-dealkylation sites (N-methyl/N-ethyl adjacent to an activating group) is 1. The van der Waals surface area contributed by atoms with Crippen LogP contribution in [0.15, 0.2) is 0 Å². The van der Waals surface area contributed by atoms with E-state index in [1.54, 1.807) is 0 Å². The van der Waals surface area contributed by atoms with Crippen LogP contribution >= 0.6 is 0 Å². The number of hydrogen-bond donors (Lipinski definition) is 1. The second kappa shape index (κ2) is 6.18. The molecule has 1 saturated heterocycles. The maximum Gasteiger partial charge on any atom is 0.324 e. The van der Waals surface area contributed by atoms with Gasteiger partial charge in [-0.3, -0.25) is 9.69 Å². The number of hydrogen-bond acceptors (Lipinski definition) is 5. The number of carbonyl (C=O) groups excluding carboxylic acids is 1. The number of carbonyl (C=O) groups is 1. The molecule has 1 rings (SSSR count). The van der Waals surface area contributed by atoms with Crippen molar-refractivity contribution in [2.24, 2.45) is 5.73 Å². The summed E-state index contributed by atoms with van der Waals surface area (Å²) >= 11 is 0. The van der Waals surface area contributed by atoms with Crippen molar-refractivity contribution in [1.82, 2.24) is 9.80 Å². The fraction of sp³-hybridized carbons (Fsp3) is 0.909. The van der Waals surface area contributed by atoms with Crippen molar-refractivity contribution in [1.29, 1.82) is 0 Å². The Morgan fingerprint density at radius 2 is 2.25 bits per heavy atom. The van der Waals surface area contributed by atoms with Gasteiger partial charge in [-0.05, 0) is 26.9 Å². The molecule has 0 radical (unpaired) electrons. The lowest BCUT2D eigenvalue weighted by Gasteiger charge is -2.33. The van der Waals surface area contributed by atoms with Gasteiger partial charge in [0.1, 0.15) is 6.04 Å². The Bertz CT molecular complexity index is 235. The van der Waals surface area contributed by atoms with E-state index in [2.05, 4.69) is 23.8 Å². The van der Waals surface area contributed by atoms with Gasteiger partial charge in [0.05, 0.1) is 7.11 Å². The summed E-state index contributed by atoms with van der Waals surface area (Å²) in [5, 5.41) is 0. The van der Waals surface area contributed by atoms with Crippen molar-refractivity contribution >= 4 is 5.97 Å². The van der Waals surface area contributed by atoms with Crippen LogP contribution in [0.2, 0.25) is 0 Å². The first kappa shape index (κ1) is 13.4. The third kappa shape index (κ3) is 3.17. The number of nitrogens with zero attached hydrogens (tertiary/aromatic N) is 2. The van der Waals surface area contributed by atoms with Gasteiger partial charge in [0.15, 0.2) is 0 Å². The number of esters is 1. The standard InChI is InChI=1S/C11H23N3O2/c1-9-8-13(2)5-4-6-14(9)10(7-12)11(15)16-3/h9-10H,4-8,12H2,1-3H3. The molecule has 0 aromatic heterocycles. The molecule has 94 valence electrons. The fourth-order valence-corrected chi connectivity index (χ4v) is 2.36. The molecule has 2 unspecified atom stereocenters. The van der Waals surface area contributed by atoms with Crippen molar-refractivity contribution < 1.29 is 9.53 Å². The Morgan fingerprint density at radius 1 is 1.56 bits per heavy atom. The zero-order valence-electron chi connectivity index (χ0n) is 10.5. The van der Waals surface area contributed by atoms with Crippen LogP contribution in [0.1, 0.15) is 13.3 Å². The number of rotatable bonds is 3. The molecule has 0 spiro atoms. The molecule has 0 saturated carbocycles. The third-order valence-corrected chi connectivity index (χ3v) is 3.20. The number of methoxy groups -OCH3 is 1. The number of nitrogens with two attached hydrogens (primary N) is 1. The molecule has 2 atom stereocenters. The van der Waals surface area contributed by atoms with Gasteiger partial charge in [0.2, 0.25) is 0 Å². The second-order valence-corrected chi connectivity index (χ2v) is 4.48. The average molecular weight is 229 g/mol. The van der Waals surface area contributed by atoms with Crippen LogP contribution in [-0.4, -0.2) is 68.2 Å².